The van der Waals surface area contributed by atoms with Crippen LogP contribution in [0.5, 0.6) is 0 Å². The molecule has 0 fully saturated rings. The van der Waals surface area contributed by atoms with Crippen LogP contribution in [0.2, 0.25) is 5.15 Å². The third-order valence-electron chi connectivity index (χ3n) is 3.41. The van der Waals surface area contributed by atoms with Gasteiger partial charge in [-0.25, -0.2) is 4.98 Å². The van der Waals surface area contributed by atoms with Crippen LogP contribution in [0.4, 0.5) is 0 Å². The van der Waals surface area contributed by atoms with Crippen LogP contribution >= 0.6 is 11.6 Å². The van der Waals surface area contributed by atoms with Crippen molar-refractivity contribution < 1.29 is 5.11 Å². The molecule has 3 nitrogen and oxygen atoms in total. The summed E-state index contributed by atoms with van der Waals surface area (Å²) in [6, 6.07) is 8.19. The molecule has 1 unspecified atom stereocenters. The zero-order valence-electron chi connectivity index (χ0n) is 10.2. The first kappa shape index (κ1) is 11.8. The molecule has 1 aromatic heterocycles. The highest BCUT2D eigenvalue weighted by atomic mass is 35.5. The van der Waals surface area contributed by atoms with Gasteiger partial charge in [-0.1, -0.05) is 35.4 Å². The van der Waals surface area contributed by atoms with Crippen molar-refractivity contribution in [2.75, 3.05) is 0 Å². The number of rotatable bonds is 1. The van der Waals surface area contributed by atoms with Crippen molar-refractivity contribution in [2.45, 2.75) is 32.4 Å². The fourth-order valence-electron chi connectivity index (χ4n) is 2.56. The van der Waals surface area contributed by atoms with Gasteiger partial charge in [-0.3, -0.25) is 0 Å². The molecule has 0 aliphatic carbocycles. The van der Waals surface area contributed by atoms with Gasteiger partial charge in [0.25, 0.3) is 0 Å². The van der Waals surface area contributed by atoms with E-state index < -0.39 is 6.10 Å². The average molecular weight is 263 g/mol. The largest absolute Gasteiger partial charge is 0.387 e. The van der Waals surface area contributed by atoms with Crippen molar-refractivity contribution in [3.63, 3.8) is 0 Å². The van der Waals surface area contributed by atoms with E-state index in [4.69, 9.17) is 11.6 Å². The van der Waals surface area contributed by atoms with Crippen LogP contribution in [-0.2, 0) is 6.54 Å². The molecule has 2 heterocycles. The molecular formula is C14H15ClN2O. The van der Waals surface area contributed by atoms with Gasteiger partial charge in [0.15, 0.2) is 5.15 Å². The summed E-state index contributed by atoms with van der Waals surface area (Å²) in [7, 11) is 0. The number of halogens is 1. The quantitative estimate of drug-likeness (QED) is 0.856. The maximum Gasteiger partial charge on any atom is 0.153 e. The normalized spacial score (nSPS) is 18.7. The number of hydrogen-bond acceptors (Lipinski definition) is 2. The van der Waals surface area contributed by atoms with Crippen LogP contribution in [0.3, 0.4) is 0 Å². The summed E-state index contributed by atoms with van der Waals surface area (Å²) in [5.41, 5.74) is 3.01. The van der Waals surface area contributed by atoms with Gasteiger partial charge in [-0.2, -0.15) is 0 Å². The predicted molar refractivity (Wildman–Crippen MR) is 71.6 cm³/mol. The highest BCUT2D eigenvalue weighted by molar-refractivity contribution is 6.30. The van der Waals surface area contributed by atoms with Crippen LogP contribution < -0.4 is 0 Å². The fourth-order valence-corrected chi connectivity index (χ4v) is 2.87. The lowest BCUT2D eigenvalue weighted by molar-refractivity contribution is 0.139. The SMILES string of the molecule is Cc1cccc(-c2nc(Cl)c3n2CCCC3O)c1. The van der Waals surface area contributed by atoms with Gasteiger partial charge in [0.1, 0.15) is 5.82 Å². The van der Waals surface area contributed by atoms with Crippen LogP contribution in [0.25, 0.3) is 11.4 Å². The lowest BCUT2D eigenvalue weighted by Crippen LogP contribution is -2.15. The average Bonchev–Trinajstić information content (AvgIpc) is 2.68. The van der Waals surface area contributed by atoms with Crippen LogP contribution in [0.15, 0.2) is 24.3 Å². The Morgan fingerprint density at radius 1 is 1.44 bits per heavy atom. The van der Waals surface area contributed by atoms with E-state index in [1.54, 1.807) is 0 Å². The number of aryl methyl sites for hydroxylation is 1. The summed E-state index contributed by atoms with van der Waals surface area (Å²) in [6.45, 7) is 2.93. The van der Waals surface area contributed by atoms with E-state index in [0.717, 1.165) is 36.5 Å². The number of aromatic nitrogens is 2. The summed E-state index contributed by atoms with van der Waals surface area (Å²) < 4.78 is 2.05. The van der Waals surface area contributed by atoms with E-state index in [1.807, 2.05) is 16.7 Å². The third-order valence-corrected chi connectivity index (χ3v) is 3.69. The lowest BCUT2D eigenvalue weighted by atomic mass is 10.1. The third kappa shape index (κ3) is 1.84. The van der Waals surface area contributed by atoms with Crippen LogP contribution in [0.1, 0.15) is 30.2 Å². The van der Waals surface area contributed by atoms with Gasteiger partial charge in [-0.15, -0.1) is 0 Å². The molecule has 2 aromatic rings. The Bertz CT molecular complexity index is 591. The van der Waals surface area contributed by atoms with Gasteiger partial charge in [0.2, 0.25) is 0 Å². The molecule has 94 valence electrons. The minimum Gasteiger partial charge on any atom is -0.387 e. The zero-order valence-corrected chi connectivity index (χ0v) is 11.0. The molecule has 18 heavy (non-hydrogen) atoms. The molecule has 0 amide bonds. The van der Waals surface area contributed by atoms with Crippen molar-refractivity contribution in [2.24, 2.45) is 0 Å². The molecule has 0 spiro atoms. The number of fused-ring (bicyclic) bond motifs is 1. The first-order valence-corrected chi connectivity index (χ1v) is 6.55. The van der Waals surface area contributed by atoms with E-state index in [2.05, 4.69) is 24.0 Å². The van der Waals surface area contributed by atoms with Crippen LogP contribution in [0, 0.1) is 6.92 Å². The summed E-state index contributed by atoms with van der Waals surface area (Å²) in [5.74, 6) is 0.859. The van der Waals surface area contributed by atoms with Crippen molar-refractivity contribution >= 4 is 11.6 Å². The summed E-state index contributed by atoms with van der Waals surface area (Å²) in [5, 5.41) is 10.4. The number of imidazole rings is 1. The molecule has 0 saturated carbocycles. The Balaban J connectivity index is 2.16. The van der Waals surface area contributed by atoms with Gasteiger partial charge in [0, 0.05) is 12.1 Å². The number of aliphatic hydroxyl groups is 1. The summed E-state index contributed by atoms with van der Waals surface area (Å²) in [6.07, 6.45) is 1.23. The predicted octanol–water partition coefficient (Wildman–Crippen LogP) is 3.34. The minimum atomic E-state index is -0.489. The molecule has 0 radical (unpaired) electrons. The van der Waals surface area contributed by atoms with Crippen molar-refractivity contribution in [3.05, 3.63) is 40.7 Å². The maximum absolute atomic E-state index is 10.0. The molecule has 1 aromatic carbocycles. The summed E-state index contributed by atoms with van der Waals surface area (Å²) in [4.78, 5) is 4.42. The van der Waals surface area contributed by atoms with Crippen molar-refractivity contribution in [1.29, 1.82) is 0 Å². The van der Waals surface area contributed by atoms with E-state index in [1.165, 1.54) is 5.56 Å². The Labute approximate surface area is 111 Å². The van der Waals surface area contributed by atoms with E-state index in [0.29, 0.717) is 5.15 Å². The molecule has 4 heteroatoms. The molecular weight excluding hydrogens is 248 g/mol. The number of hydrogen-bond donors (Lipinski definition) is 1. The lowest BCUT2D eigenvalue weighted by Gasteiger charge is -2.21. The second kappa shape index (κ2) is 4.41. The Kier molecular flexibility index (Phi) is 2.88. The highest BCUT2D eigenvalue weighted by Gasteiger charge is 2.26. The number of aliphatic hydroxyl groups excluding tert-OH is 1. The van der Waals surface area contributed by atoms with Gasteiger partial charge < -0.3 is 9.67 Å². The van der Waals surface area contributed by atoms with Gasteiger partial charge in [0.05, 0.1) is 11.8 Å². The zero-order chi connectivity index (χ0) is 12.7. The number of nitrogens with zero attached hydrogens (tertiary/aromatic N) is 2. The Hall–Kier alpha value is -1.32. The molecule has 3 rings (SSSR count). The van der Waals surface area contributed by atoms with Crippen molar-refractivity contribution in [3.8, 4) is 11.4 Å². The maximum atomic E-state index is 10.0. The molecule has 0 saturated heterocycles. The second-order valence-corrected chi connectivity index (χ2v) is 5.15. The minimum absolute atomic E-state index is 0.429. The Morgan fingerprint density at radius 3 is 3.06 bits per heavy atom. The molecule has 0 bridgehead atoms. The number of benzene rings is 1. The fraction of sp³-hybridized carbons (Fsp3) is 0.357. The van der Waals surface area contributed by atoms with E-state index >= 15 is 0 Å². The summed E-state index contributed by atoms with van der Waals surface area (Å²) >= 11 is 6.16. The standard InChI is InChI=1S/C14H15ClN2O/c1-9-4-2-5-10(8-9)14-16-13(15)12-11(18)6-3-7-17(12)14/h2,4-5,8,11,18H,3,6-7H2,1H3. The smallest absolute Gasteiger partial charge is 0.153 e. The van der Waals surface area contributed by atoms with Crippen molar-refractivity contribution in [1.82, 2.24) is 9.55 Å². The highest BCUT2D eigenvalue weighted by Crippen LogP contribution is 2.35. The van der Waals surface area contributed by atoms with Gasteiger partial charge in [-0.05, 0) is 25.8 Å². The monoisotopic (exact) mass is 262 g/mol. The van der Waals surface area contributed by atoms with E-state index in [-0.39, 0.29) is 0 Å². The first-order chi connectivity index (χ1) is 8.66. The van der Waals surface area contributed by atoms with Crippen LogP contribution in [-0.4, -0.2) is 14.7 Å². The molecule has 1 aliphatic heterocycles. The molecule has 1 atom stereocenters. The molecule has 1 aliphatic rings. The topological polar surface area (TPSA) is 38.0 Å². The Morgan fingerprint density at radius 2 is 2.28 bits per heavy atom. The second-order valence-electron chi connectivity index (χ2n) is 4.79. The molecule has 1 N–H and O–H groups in total. The first-order valence-electron chi connectivity index (χ1n) is 6.18. The van der Waals surface area contributed by atoms with Gasteiger partial charge >= 0.3 is 0 Å². The van der Waals surface area contributed by atoms with E-state index in [9.17, 15) is 5.11 Å².